The van der Waals surface area contributed by atoms with Crippen LogP contribution in [0.4, 0.5) is 28.4 Å². The summed E-state index contributed by atoms with van der Waals surface area (Å²) in [6.45, 7) is 33.1. The average Bonchev–Trinajstić information content (AvgIpc) is 4.58. The molecule has 12 rings (SSSR count). The fourth-order valence-electron chi connectivity index (χ4n) is 13.3. The summed E-state index contributed by atoms with van der Waals surface area (Å²) < 4.78 is 0. The van der Waals surface area contributed by atoms with E-state index in [1.807, 2.05) is 6.20 Å². The minimum Gasteiger partial charge on any atom is -0.359 e. The Labute approximate surface area is 508 Å². The summed E-state index contributed by atoms with van der Waals surface area (Å²) >= 11 is 0. The number of hydrogen-bond acceptors (Lipinski definition) is 11. The van der Waals surface area contributed by atoms with Gasteiger partial charge in [0.05, 0.1) is 11.4 Å². The zero-order chi connectivity index (χ0) is 60.2. The third kappa shape index (κ3) is 14.6. The molecule has 5 aromatic rings. The molecule has 0 N–H and O–H groups in total. The van der Waals surface area contributed by atoms with Crippen molar-refractivity contribution in [3.63, 3.8) is 0 Å². The molecule has 84 heavy (non-hydrogen) atoms. The highest BCUT2D eigenvalue weighted by atomic mass is 15.4. The maximum atomic E-state index is 4.39. The van der Waals surface area contributed by atoms with Crippen molar-refractivity contribution in [1.29, 1.82) is 0 Å². The van der Waals surface area contributed by atoms with Crippen LogP contribution in [0, 0.1) is 41.5 Å². The largest absolute Gasteiger partial charge is 0.359 e. The lowest BCUT2D eigenvalue weighted by Gasteiger charge is -2.38. The van der Waals surface area contributed by atoms with E-state index in [0.717, 1.165) is 17.8 Å². The standard InChI is InChI=1S/C17H24N2.C16H22N2.C14H21N3.C14H20N2.C12H16N2/c1-14-8-6-7-11-17(14)19-13-12-18(15(19)2)16-9-4-3-5-10-16;1-13-7-3-6-10-16(13)18-12-11-17(14(18)2)15-8-4-5-9-15;1-10(2)16-8-9-17(13(16)5)14-11(3)6-7-15-12(14)4;1-11(2)15-9-10-16(13(15)4)14-8-6-5-7-12(14)3;1-10-6-4-5-7-12(10)14-9-8-13(3)11(14)2/h6-8,11-13,15-16H,3-5,9-10H2,1-2H3;3,6-7,10-12,14-15H,4-5,8-9H2,1-2H3;6-10,13H,1-5H3;5-11,13H,1-4H3;4-9,11H,1-3H3/t15-;14-;2*13-;11-/m11111/s1. The fourth-order valence-corrected chi connectivity index (χ4v) is 13.3. The van der Waals surface area contributed by atoms with E-state index in [2.05, 4.69) is 330 Å². The molecular weight excluding hydrogens is 1030 g/mol. The van der Waals surface area contributed by atoms with Crippen molar-refractivity contribution in [1.82, 2.24) is 29.5 Å². The van der Waals surface area contributed by atoms with Gasteiger partial charge in [0.2, 0.25) is 0 Å². The minimum absolute atomic E-state index is 0.358. The molecule has 2 aliphatic carbocycles. The van der Waals surface area contributed by atoms with E-state index in [1.54, 1.807) is 0 Å². The smallest absolute Gasteiger partial charge is 0.103 e. The lowest BCUT2D eigenvalue weighted by Crippen LogP contribution is -2.42. The molecule has 7 aliphatic rings. The number of nitrogens with zero attached hydrogens (tertiary/aromatic N) is 11. The maximum Gasteiger partial charge on any atom is 0.103 e. The monoisotopic (exact) mass is 1130 g/mol. The van der Waals surface area contributed by atoms with Crippen molar-refractivity contribution in [2.75, 3.05) is 31.5 Å². The number of pyridine rings is 1. The summed E-state index contributed by atoms with van der Waals surface area (Å²) in [6.07, 6.45) is 38.4. The van der Waals surface area contributed by atoms with Crippen molar-refractivity contribution in [3.05, 3.63) is 205 Å². The van der Waals surface area contributed by atoms with Gasteiger partial charge in [-0.05, 0) is 188 Å². The predicted molar refractivity (Wildman–Crippen MR) is 358 cm³/mol. The van der Waals surface area contributed by atoms with Crippen LogP contribution in [0.2, 0.25) is 0 Å². The Morgan fingerprint density at radius 1 is 0.357 bits per heavy atom. The minimum atomic E-state index is 0.358. The van der Waals surface area contributed by atoms with Gasteiger partial charge in [0.15, 0.2) is 0 Å². The first-order valence-corrected chi connectivity index (χ1v) is 31.7. The first-order valence-electron chi connectivity index (χ1n) is 31.7. The first kappa shape index (κ1) is 62.8. The van der Waals surface area contributed by atoms with Crippen LogP contribution < -0.4 is 24.5 Å². The van der Waals surface area contributed by atoms with Gasteiger partial charge in [-0.15, -0.1) is 0 Å². The number of anilines is 5. The number of rotatable bonds is 9. The molecular formula is C73H103N11. The molecule has 6 heterocycles. The van der Waals surface area contributed by atoms with Gasteiger partial charge < -0.3 is 49.0 Å². The molecule has 5 atom stereocenters. The summed E-state index contributed by atoms with van der Waals surface area (Å²) in [5.41, 5.74) is 14.2. The van der Waals surface area contributed by atoms with Crippen LogP contribution in [-0.2, 0) is 0 Å². The van der Waals surface area contributed by atoms with Crippen LogP contribution >= 0.6 is 0 Å². The van der Waals surface area contributed by atoms with E-state index in [0.29, 0.717) is 42.9 Å². The second-order valence-electron chi connectivity index (χ2n) is 24.8. The molecule has 0 amide bonds. The predicted octanol–water partition coefficient (Wildman–Crippen LogP) is 17.1. The lowest BCUT2D eigenvalue weighted by molar-refractivity contribution is 0.187. The van der Waals surface area contributed by atoms with Crippen LogP contribution in [0.25, 0.3) is 0 Å². The molecule has 0 bridgehead atoms. The molecule has 0 unspecified atom stereocenters. The summed E-state index contributed by atoms with van der Waals surface area (Å²) in [5, 5.41) is 0. The highest BCUT2D eigenvalue weighted by Gasteiger charge is 2.33. The van der Waals surface area contributed by atoms with Gasteiger partial charge in [0.1, 0.15) is 30.8 Å². The average molecular weight is 1130 g/mol. The molecule has 1 aromatic heterocycles. The Kier molecular flexibility index (Phi) is 21.7. The molecule has 0 radical (unpaired) electrons. The normalized spacial score (nSPS) is 21.9. The van der Waals surface area contributed by atoms with E-state index in [-0.39, 0.29) is 0 Å². The number of benzene rings is 4. The Balaban J connectivity index is 0.000000137. The van der Waals surface area contributed by atoms with Crippen molar-refractivity contribution in [3.8, 4) is 0 Å². The molecule has 2 fully saturated rings. The first-order chi connectivity index (χ1) is 40.4. The zero-order valence-electron chi connectivity index (χ0n) is 54.1. The summed E-state index contributed by atoms with van der Waals surface area (Å²) in [4.78, 5) is 28.1. The molecule has 4 aromatic carbocycles. The summed E-state index contributed by atoms with van der Waals surface area (Å²) in [5.74, 6) is 0. The maximum absolute atomic E-state index is 4.39. The summed E-state index contributed by atoms with van der Waals surface area (Å²) in [7, 11) is 2.10. The Morgan fingerprint density at radius 3 is 1.05 bits per heavy atom. The van der Waals surface area contributed by atoms with Gasteiger partial charge in [-0.3, -0.25) is 4.98 Å². The van der Waals surface area contributed by atoms with Gasteiger partial charge in [-0.1, -0.05) is 105 Å². The number of hydrogen-bond donors (Lipinski definition) is 0. The van der Waals surface area contributed by atoms with Crippen LogP contribution in [0.15, 0.2) is 171 Å². The van der Waals surface area contributed by atoms with Gasteiger partial charge in [0, 0.05) is 122 Å². The molecule has 0 saturated heterocycles. The molecule has 11 heteroatoms. The van der Waals surface area contributed by atoms with Crippen LogP contribution in [0.5, 0.6) is 0 Å². The van der Waals surface area contributed by atoms with Crippen molar-refractivity contribution < 1.29 is 0 Å². The van der Waals surface area contributed by atoms with E-state index >= 15 is 0 Å². The lowest BCUT2D eigenvalue weighted by atomic mass is 9.94. The number of para-hydroxylation sites is 4. The molecule has 0 spiro atoms. The van der Waals surface area contributed by atoms with Crippen LogP contribution in [-0.4, -0.2) is 91.5 Å². The fraction of sp³-hybridized carbons (Fsp3) is 0.466. The third-order valence-electron chi connectivity index (χ3n) is 18.5. The van der Waals surface area contributed by atoms with Gasteiger partial charge in [0.25, 0.3) is 0 Å². The highest BCUT2D eigenvalue weighted by molar-refractivity contribution is 5.61. The van der Waals surface area contributed by atoms with Crippen LogP contribution in [0.1, 0.15) is 154 Å². The molecule has 5 aliphatic heterocycles. The Hall–Kier alpha value is -7.27. The van der Waals surface area contributed by atoms with Gasteiger partial charge in [-0.2, -0.15) is 0 Å². The Bertz CT molecular complexity index is 3020. The van der Waals surface area contributed by atoms with Crippen LogP contribution in [0.3, 0.4) is 0 Å². The molecule has 11 nitrogen and oxygen atoms in total. The molecule has 2 saturated carbocycles. The van der Waals surface area contributed by atoms with Crippen molar-refractivity contribution in [2.45, 2.75) is 217 Å². The van der Waals surface area contributed by atoms with E-state index in [9.17, 15) is 0 Å². The quantitative estimate of drug-likeness (QED) is 0.142. The second-order valence-corrected chi connectivity index (χ2v) is 24.8. The van der Waals surface area contributed by atoms with Crippen molar-refractivity contribution in [2.24, 2.45) is 0 Å². The Morgan fingerprint density at radius 2 is 0.690 bits per heavy atom. The number of aryl methyl sites for hydroxylation is 6. The number of aromatic nitrogens is 1. The molecule has 450 valence electrons. The van der Waals surface area contributed by atoms with Gasteiger partial charge >= 0.3 is 0 Å². The SMILES string of the molecule is Cc1ccccc1N1C=CN(C(C)C)[C@H]1C.Cc1ccccc1N1C=CN(C)[C@H]1C.Cc1ccccc1N1C=CN(C2CCCC2)[C@H]1C.Cc1ccccc1N1C=CN(C2CCCCC2)[C@H]1C.Cc1ccnc(C)c1N1C=CN(C(C)C)[C@H]1C. The van der Waals surface area contributed by atoms with E-state index in [1.165, 1.54) is 114 Å². The topological polar surface area (TPSA) is 45.3 Å². The van der Waals surface area contributed by atoms with Crippen molar-refractivity contribution >= 4 is 28.4 Å². The zero-order valence-corrected chi connectivity index (χ0v) is 54.1. The second kappa shape index (κ2) is 29.0. The van der Waals surface area contributed by atoms with E-state index in [4.69, 9.17) is 0 Å². The highest BCUT2D eigenvalue weighted by Crippen LogP contribution is 2.36. The van der Waals surface area contributed by atoms with Gasteiger partial charge in [-0.25, -0.2) is 0 Å². The summed E-state index contributed by atoms with van der Waals surface area (Å²) in [6, 6.07) is 38.9. The van der Waals surface area contributed by atoms with E-state index < -0.39 is 0 Å². The third-order valence-corrected chi connectivity index (χ3v) is 18.5.